The fourth-order valence-electron chi connectivity index (χ4n) is 1.67. The van der Waals surface area contributed by atoms with Gasteiger partial charge in [-0.05, 0) is 30.4 Å². The van der Waals surface area contributed by atoms with Crippen molar-refractivity contribution in [3.8, 4) is 5.75 Å². The van der Waals surface area contributed by atoms with Crippen LogP contribution in [0.3, 0.4) is 0 Å². The van der Waals surface area contributed by atoms with Gasteiger partial charge in [0.2, 0.25) is 0 Å². The van der Waals surface area contributed by atoms with E-state index in [1.54, 1.807) is 6.07 Å². The lowest BCUT2D eigenvalue weighted by Gasteiger charge is -2.07. The molecule has 0 aliphatic heterocycles. The van der Waals surface area contributed by atoms with Crippen LogP contribution in [-0.4, -0.2) is 5.11 Å². The number of aromatic hydroxyl groups is 1. The van der Waals surface area contributed by atoms with Crippen molar-refractivity contribution in [3.05, 3.63) is 29.3 Å². The largest absolute Gasteiger partial charge is 0.508 e. The maximum Gasteiger partial charge on any atom is 0.120 e. The van der Waals surface area contributed by atoms with Crippen molar-refractivity contribution in [2.75, 3.05) is 0 Å². The first-order valence-corrected chi connectivity index (χ1v) is 5.64. The maximum absolute atomic E-state index is 9.47. The first kappa shape index (κ1) is 12.1. The van der Waals surface area contributed by atoms with Crippen LogP contribution in [0.4, 0.5) is 0 Å². The van der Waals surface area contributed by atoms with E-state index >= 15 is 0 Å². The quantitative estimate of drug-likeness (QED) is 0.780. The topological polar surface area (TPSA) is 46.2 Å². The summed E-state index contributed by atoms with van der Waals surface area (Å²) in [7, 11) is 0. The summed E-state index contributed by atoms with van der Waals surface area (Å²) in [6.07, 6.45) is 3.52. The monoisotopic (exact) mass is 207 g/mol. The van der Waals surface area contributed by atoms with Gasteiger partial charge in [0.05, 0.1) is 0 Å². The normalized spacial score (nSPS) is 10.9. The number of hydrogen-bond acceptors (Lipinski definition) is 2. The van der Waals surface area contributed by atoms with Gasteiger partial charge in [0.15, 0.2) is 0 Å². The SMILES string of the molecule is CC(C)CCCc1ccc(O)c(CN)c1. The van der Waals surface area contributed by atoms with Crippen LogP contribution in [0.15, 0.2) is 18.2 Å². The molecule has 0 radical (unpaired) electrons. The van der Waals surface area contributed by atoms with Crippen molar-refractivity contribution in [2.45, 2.75) is 39.7 Å². The van der Waals surface area contributed by atoms with Crippen LogP contribution >= 0.6 is 0 Å². The summed E-state index contributed by atoms with van der Waals surface area (Å²) in [6.45, 7) is 4.88. The van der Waals surface area contributed by atoms with Crippen molar-refractivity contribution in [2.24, 2.45) is 11.7 Å². The van der Waals surface area contributed by atoms with Crippen molar-refractivity contribution >= 4 is 0 Å². The molecule has 0 unspecified atom stereocenters. The fraction of sp³-hybridized carbons (Fsp3) is 0.538. The Morgan fingerprint density at radius 2 is 2.07 bits per heavy atom. The zero-order chi connectivity index (χ0) is 11.3. The maximum atomic E-state index is 9.47. The third-order valence-electron chi connectivity index (χ3n) is 2.61. The Kier molecular flexibility index (Phi) is 4.63. The van der Waals surface area contributed by atoms with Gasteiger partial charge in [-0.15, -0.1) is 0 Å². The summed E-state index contributed by atoms with van der Waals surface area (Å²) in [5.41, 5.74) is 7.65. The Morgan fingerprint density at radius 3 is 2.67 bits per heavy atom. The summed E-state index contributed by atoms with van der Waals surface area (Å²) in [4.78, 5) is 0. The van der Waals surface area contributed by atoms with Crippen molar-refractivity contribution in [1.82, 2.24) is 0 Å². The van der Waals surface area contributed by atoms with Crippen LogP contribution in [0.1, 0.15) is 37.8 Å². The zero-order valence-corrected chi connectivity index (χ0v) is 9.66. The predicted molar refractivity (Wildman–Crippen MR) is 63.8 cm³/mol. The Labute approximate surface area is 92.1 Å². The van der Waals surface area contributed by atoms with E-state index in [9.17, 15) is 5.11 Å². The molecule has 15 heavy (non-hydrogen) atoms. The smallest absolute Gasteiger partial charge is 0.120 e. The molecule has 0 saturated heterocycles. The Balaban J connectivity index is 2.54. The summed E-state index contributed by atoms with van der Waals surface area (Å²) in [5, 5.41) is 9.47. The van der Waals surface area contributed by atoms with Crippen LogP contribution in [0.25, 0.3) is 0 Å². The molecule has 0 bridgehead atoms. The molecule has 1 aromatic carbocycles. The number of hydrogen-bond donors (Lipinski definition) is 2. The molecular formula is C13H21NO. The average molecular weight is 207 g/mol. The van der Waals surface area contributed by atoms with E-state index in [1.165, 1.54) is 18.4 Å². The van der Waals surface area contributed by atoms with Crippen LogP contribution in [0, 0.1) is 5.92 Å². The summed E-state index contributed by atoms with van der Waals surface area (Å²) >= 11 is 0. The third-order valence-corrected chi connectivity index (χ3v) is 2.61. The second kappa shape index (κ2) is 5.76. The van der Waals surface area contributed by atoms with Crippen molar-refractivity contribution < 1.29 is 5.11 Å². The van der Waals surface area contributed by atoms with E-state index in [1.807, 2.05) is 12.1 Å². The third kappa shape index (κ3) is 3.92. The highest BCUT2D eigenvalue weighted by molar-refractivity contribution is 5.36. The molecule has 0 atom stereocenters. The zero-order valence-electron chi connectivity index (χ0n) is 9.66. The number of nitrogens with two attached hydrogens (primary N) is 1. The lowest BCUT2D eigenvalue weighted by molar-refractivity contribution is 0.468. The molecule has 84 valence electrons. The fourth-order valence-corrected chi connectivity index (χ4v) is 1.67. The number of benzene rings is 1. The number of rotatable bonds is 5. The second-order valence-corrected chi connectivity index (χ2v) is 4.45. The average Bonchev–Trinajstić information content (AvgIpc) is 2.20. The van der Waals surface area contributed by atoms with Gasteiger partial charge < -0.3 is 10.8 Å². The van der Waals surface area contributed by atoms with Gasteiger partial charge in [-0.3, -0.25) is 0 Å². The van der Waals surface area contributed by atoms with Crippen LogP contribution in [-0.2, 0) is 13.0 Å². The highest BCUT2D eigenvalue weighted by Gasteiger charge is 2.01. The van der Waals surface area contributed by atoms with E-state index in [0.717, 1.165) is 17.9 Å². The van der Waals surface area contributed by atoms with Crippen LogP contribution in [0.2, 0.25) is 0 Å². The Hall–Kier alpha value is -1.02. The highest BCUT2D eigenvalue weighted by atomic mass is 16.3. The molecular weight excluding hydrogens is 186 g/mol. The van der Waals surface area contributed by atoms with Gasteiger partial charge in [0.25, 0.3) is 0 Å². The molecule has 0 aliphatic rings. The summed E-state index contributed by atoms with van der Waals surface area (Å²) in [6, 6.07) is 5.73. The number of phenolic OH excluding ortho intramolecular Hbond substituents is 1. The minimum atomic E-state index is 0.310. The molecule has 0 heterocycles. The molecule has 0 aliphatic carbocycles. The van der Waals surface area contributed by atoms with E-state index in [4.69, 9.17) is 5.73 Å². The van der Waals surface area contributed by atoms with Gasteiger partial charge in [-0.1, -0.05) is 32.4 Å². The molecule has 1 aromatic rings. The van der Waals surface area contributed by atoms with E-state index < -0.39 is 0 Å². The number of aryl methyl sites for hydroxylation is 1. The minimum absolute atomic E-state index is 0.310. The molecule has 1 rings (SSSR count). The second-order valence-electron chi connectivity index (χ2n) is 4.45. The predicted octanol–water partition coefficient (Wildman–Crippen LogP) is 2.83. The van der Waals surface area contributed by atoms with Crippen molar-refractivity contribution in [3.63, 3.8) is 0 Å². The van der Waals surface area contributed by atoms with Crippen LogP contribution in [0.5, 0.6) is 5.75 Å². The highest BCUT2D eigenvalue weighted by Crippen LogP contribution is 2.19. The van der Waals surface area contributed by atoms with E-state index in [2.05, 4.69) is 13.8 Å². The molecule has 0 fully saturated rings. The lowest BCUT2D eigenvalue weighted by atomic mass is 10.0. The first-order valence-electron chi connectivity index (χ1n) is 5.64. The van der Waals surface area contributed by atoms with Gasteiger partial charge in [-0.2, -0.15) is 0 Å². The Morgan fingerprint density at radius 1 is 1.33 bits per heavy atom. The van der Waals surface area contributed by atoms with Gasteiger partial charge in [-0.25, -0.2) is 0 Å². The van der Waals surface area contributed by atoms with Gasteiger partial charge >= 0.3 is 0 Å². The molecule has 0 spiro atoms. The van der Waals surface area contributed by atoms with Crippen molar-refractivity contribution in [1.29, 1.82) is 0 Å². The standard InChI is InChI=1S/C13H21NO/c1-10(2)4-3-5-11-6-7-13(15)12(8-11)9-14/h6-8,10,15H,3-5,9,14H2,1-2H3. The molecule has 0 saturated carbocycles. The van der Waals surface area contributed by atoms with Gasteiger partial charge in [0.1, 0.15) is 5.75 Å². The van der Waals surface area contributed by atoms with E-state index in [-0.39, 0.29) is 0 Å². The molecule has 3 N–H and O–H groups in total. The minimum Gasteiger partial charge on any atom is -0.508 e. The Bertz CT molecular complexity index is 307. The molecule has 2 nitrogen and oxygen atoms in total. The lowest BCUT2D eigenvalue weighted by Crippen LogP contribution is -1.98. The molecule has 0 amide bonds. The van der Waals surface area contributed by atoms with Gasteiger partial charge in [0, 0.05) is 12.1 Å². The molecule has 0 aromatic heterocycles. The van der Waals surface area contributed by atoms with E-state index in [0.29, 0.717) is 12.3 Å². The summed E-state index contributed by atoms with van der Waals surface area (Å²) in [5.74, 6) is 1.07. The first-order chi connectivity index (χ1) is 7.13. The van der Waals surface area contributed by atoms with Crippen LogP contribution < -0.4 is 5.73 Å². The molecule has 2 heteroatoms. The number of phenols is 1. The summed E-state index contributed by atoms with van der Waals surface area (Å²) < 4.78 is 0.